The molecule has 0 aromatic carbocycles. The van der Waals surface area contributed by atoms with Crippen molar-refractivity contribution in [1.82, 2.24) is 15.1 Å². The molecule has 2 saturated heterocycles. The van der Waals surface area contributed by atoms with Gasteiger partial charge in [0, 0.05) is 32.6 Å². The van der Waals surface area contributed by atoms with Crippen LogP contribution in [0, 0.1) is 17.8 Å². The smallest absolute Gasteiger partial charge is 0.242 e. The monoisotopic (exact) mass is 396 g/mol. The summed E-state index contributed by atoms with van der Waals surface area (Å²) in [7, 11) is 0. The van der Waals surface area contributed by atoms with E-state index in [4.69, 9.17) is 5.73 Å². The van der Waals surface area contributed by atoms with Gasteiger partial charge in [-0.3, -0.25) is 14.4 Å². The highest BCUT2D eigenvalue weighted by molar-refractivity contribution is 5.88. The Kier molecular flexibility index (Phi) is 10.5. The van der Waals surface area contributed by atoms with Crippen molar-refractivity contribution in [2.24, 2.45) is 23.5 Å². The lowest BCUT2D eigenvalue weighted by Gasteiger charge is -2.37. The lowest BCUT2D eigenvalue weighted by molar-refractivity contribution is -0.144. The molecule has 0 radical (unpaired) electrons. The number of hydrogen-bond acceptors (Lipinski definition) is 4. The summed E-state index contributed by atoms with van der Waals surface area (Å²) in [4.78, 5) is 39.6. The Bertz CT molecular complexity index is 519. The van der Waals surface area contributed by atoms with Crippen LogP contribution in [0.15, 0.2) is 0 Å². The van der Waals surface area contributed by atoms with Gasteiger partial charge < -0.3 is 20.9 Å². The first kappa shape index (κ1) is 24.4. The maximum atomic E-state index is 12.6. The number of piperazine rings is 1. The summed E-state index contributed by atoms with van der Waals surface area (Å²) in [5, 5.41) is 3.24. The summed E-state index contributed by atoms with van der Waals surface area (Å²) < 4.78 is 0. The van der Waals surface area contributed by atoms with Gasteiger partial charge in [-0.15, -0.1) is 0 Å². The molecule has 1 unspecified atom stereocenters. The minimum atomic E-state index is -0.317. The summed E-state index contributed by atoms with van der Waals surface area (Å²) in [5.41, 5.74) is 5.27. The van der Waals surface area contributed by atoms with E-state index in [2.05, 4.69) is 39.9 Å². The SMILES string of the molecule is CC(C)C.CC(C)C[C@@H]1NCCN(CC(=O)N2CCCC(CC(N)=O)C2)C1=O. The molecule has 0 bridgehead atoms. The summed E-state index contributed by atoms with van der Waals surface area (Å²) in [6.07, 6.45) is 2.92. The van der Waals surface area contributed by atoms with Gasteiger partial charge in [-0.2, -0.15) is 0 Å². The van der Waals surface area contributed by atoms with E-state index in [1.54, 1.807) is 9.80 Å². The largest absolute Gasteiger partial charge is 0.370 e. The van der Waals surface area contributed by atoms with Crippen LogP contribution in [0.4, 0.5) is 0 Å². The first-order valence-electron chi connectivity index (χ1n) is 10.7. The van der Waals surface area contributed by atoms with Crippen LogP contribution in [0.1, 0.15) is 60.3 Å². The molecule has 3 amide bonds. The van der Waals surface area contributed by atoms with Gasteiger partial charge in [0.2, 0.25) is 17.7 Å². The molecule has 0 aliphatic carbocycles. The van der Waals surface area contributed by atoms with E-state index in [9.17, 15) is 14.4 Å². The fourth-order valence-corrected chi connectivity index (χ4v) is 3.61. The Labute approximate surface area is 170 Å². The zero-order valence-corrected chi connectivity index (χ0v) is 18.4. The summed E-state index contributed by atoms with van der Waals surface area (Å²) in [5.74, 6) is 1.09. The van der Waals surface area contributed by atoms with Gasteiger partial charge in [0.25, 0.3) is 0 Å². The maximum absolute atomic E-state index is 12.6. The lowest BCUT2D eigenvalue weighted by Crippen LogP contribution is -2.58. The Morgan fingerprint density at radius 2 is 1.82 bits per heavy atom. The molecule has 0 aromatic rings. The number of carbonyl (C=O) groups is 3. The van der Waals surface area contributed by atoms with Crippen LogP contribution in [0.3, 0.4) is 0 Å². The number of rotatable bonds is 6. The summed E-state index contributed by atoms with van der Waals surface area (Å²) >= 11 is 0. The number of nitrogens with two attached hydrogens (primary N) is 1. The molecule has 7 nitrogen and oxygen atoms in total. The highest BCUT2D eigenvalue weighted by Crippen LogP contribution is 2.20. The van der Waals surface area contributed by atoms with Gasteiger partial charge in [0.15, 0.2) is 0 Å². The highest BCUT2D eigenvalue weighted by Gasteiger charge is 2.32. The van der Waals surface area contributed by atoms with Crippen molar-refractivity contribution in [1.29, 1.82) is 0 Å². The minimum absolute atomic E-state index is 0.0222. The first-order chi connectivity index (χ1) is 13.1. The topological polar surface area (TPSA) is 95.7 Å². The van der Waals surface area contributed by atoms with Crippen molar-refractivity contribution in [3.05, 3.63) is 0 Å². The number of primary amides is 1. The Hall–Kier alpha value is -1.63. The number of carbonyl (C=O) groups excluding carboxylic acids is 3. The molecule has 162 valence electrons. The number of amides is 3. The van der Waals surface area contributed by atoms with Crippen LogP contribution in [-0.2, 0) is 14.4 Å². The van der Waals surface area contributed by atoms with Crippen molar-refractivity contribution in [2.45, 2.75) is 66.3 Å². The fraction of sp³-hybridized carbons (Fsp3) is 0.857. The van der Waals surface area contributed by atoms with E-state index >= 15 is 0 Å². The van der Waals surface area contributed by atoms with E-state index in [0.717, 1.165) is 31.7 Å². The highest BCUT2D eigenvalue weighted by atomic mass is 16.2. The number of hydrogen-bond donors (Lipinski definition) is 2. The number of likely N-dealkylation sites (tertiary alicyclic amines) is 1. The molecule has 3 N–H and O–H groups in total. The predicted molar refractivity (Wildman–Crippen MR) is 111 cm³/mol. The molecule has 2 heterocycles. The Balaban J connectivity index is 0.000000892. The fourth-order valence-electron chi connectivity index (χ4n) is 3.61. The number of piperidine rings is 1. The average molecular weight is 397 g/mol. The second-order valence-electron chi connectivity index (χ2n) is 9.15. The van der Waals surface area contributed by atoms with Crippen molar-refractivity contribution in [3.8, 4) is 0 Å². The molecular formula is C21H40N4O3. The maximum Gasteiger partial charge on any atom is 0.242 e. The van der Waals surface area contributed by atoms with Gasteiger partial charge in [0.1, 0.15) is 0 Å². The third-order valence-corrected chi connectivity index (χ3v) is 4.78. The standard InChI is InChI=1S/C17H30N4O3.C4H10/c1-12(2)8-14-17(24)21(7-5-19-14)11-16(23)20-6-3-4-13(10-20)9-15(18)22;1-4(2)3/h12-14,19H,3-11H2,1-2H3,(H2,18,22);4H,1-3H3/t13?,14-;/m0./s1. The van der Waals surface area contributed by atoms with Gasteiger partial charge >= 0.3 is 0 Å². The summed E-state index contributed by atoms with van der Waals surface area (Å²) in [6.45, 7) is 13.4. The van der Waals surface area contributed by atoms with Crippen molar-refractivity contribution in [3.63, 3.8) is 0 Å². The van der Waals surface area contributed by atoms with E-state index in [0.29, 0.717) is 32.0 Å². The van der Waals surface area contributed by atoms with Crippen LogP contribution in [0.25, 0.3) is 0 Å². The third-order valence-electron chi connectivity index (χ3n) is 4.78. The third kappa shape index (κ3) is 9.04. The molecule has 2 atom stereocenters. The van der Waals surface area contributed by atoms with Crippen LogP contribution in [0.5, 0.6) is 0 Å². The Morgan fingerprint density at radius 1 is 1.18 bits per heavy atom. The van der Waals surface area contributed by atoms with Gasteiger partial charge in [-0.1, -0.05) is 34.6 Å². The number of nitrogens with one attached hydrogen (secondary N) is 1. The molecule has 0 spiro atoms. The van der Waals surface area contributed by atoms with Crippen molar-refractivity contribution < 1.29 is 14.4 Å². The zero-order valence-electron chi connectivity index (χ0n) is 18.4. The van der Waals surface area contributed by atoms with Crippen molar-refractivity contribution >= 4 is 17.7 Å². The Morgan fingerprint density at radius 3 is 2.39 bits per heavy atom. The quantitative estimate of drug-likeness (QED) is 0.713. The second-order valence-corrected chi connectivity index (χ2v) is 9.15. The summed E-state index contributed by atoms with van der Waals surface area (Å²) in [6, 6.07) is -0.185. The van der Waals surface area contributed by atoms with E-state index in [1.165, 1.54) is 0 Å². The minimum Gasteiger partial charge on any atom is -0.370 e. The van der Waals surface area contributed by atoms with Gasteiger partial charge in [-0.25, -0.2) is 0 Å². The molecule has 2 fully saturated rings. The molecule has 28 heavy (non-hydrogen) atoms. The lowest BCUT2D eigenvalue weighted by atomic mass is 9.94. The van der Waals surface area contributed by atoms with Crippen LogP contribution < -0.4 is 11.1 Å². The molecule has 2 aliphatic heterocycles. The molecule has 2 aliphatic rings. The van der Waals surface area contributed by atoms with E-state index in [1.807, 2.05) is 0 Å². The molecule has 7 heteroatoms. The van der Waals surface area contributed by atoms with Gasteiger partial charge in [-0.05, 0) is 37.0 Å². The van der Waals surface area contributed by atoms with Crippen LogP contribution in [0.2, 0.25) is 0 Å². The molecular weight excluding hydrogens is 356 g/mol. The van der Waals surface area contributed by atoms with E-state index < -0.39 is 0 Å². The predicted octanol–water partition coefficient (Wildman–Crippen LogP) is 1.61. The van der Waals surface area contributed by atoms with Crippen LogP contribution in [-0.4, -0.2) is 66.3 Å². The normalized spacial score (nSPS) is 22.9. The molecule has 2 rings (SSSR count). The van der Waals surface area contributed by atoms with E-state index in [-0.39, 0.29) is 36.2 Å². The van der Waals surface area contributed by atoms with Gasteiger partial charge in [0.05, 0.1) is 12.6 Å². The average Bonchev–Trinajstić information content (AvgIpc) is 2.57. The first-order valence-corrected chi connectivity index (χ1v) is 10.7. The zero-order chi connectivity index (χ0) is 21.3. The van der Waals surface area contributed by atoms with Crippen LogP contribution >= 0.6 is 0 Å². The number of nitrogens with zero attached hydrogens (tertiary/aromatic N) is 2. The molecule has 0 aromatic heterocycles. The molecule has 0 saturated carbocycles. The second kappa shape index (κ2) is 12.0. The van der Waals surface area contributed by atoms with Crippen molar-refractivity contribution in [2.75, 3.05) is 32.7 Å².